The van der Waals surface area contributed by atoms with Gasteiger partial charge in [0.05, 0.1) is 6.20 Å². The molecule has 2 rings (SSSR count). The Hall–Kier alpha value is -2.05. The van der Waals surface area contributed by atoms with Crippen molar-refractivity contribution in [1.29, 1.82) is 0 Å². The van der Waals surface area contributed by atoms with E-state index in [1.807, 2.05) is 20.8 Å². The summed E-state index contributed by atoms with van der Waals surface area (Å²) in [5.74, 6) is -0.894. The van der Waals surface area contributed by atoms with Crippen LogP contribution in [-0.4, -0.2) is 50.9 Å². The number of rotatable bonds is 3. The normalized spacial score (nSPS) is 17.8. The first-order chi connectivity index (χ1) is 9.85. The van der Waals surface area contributed by atoms with E-state index in [2.05, 4.69) is 10.4 Å². The minimum absolute atomic E-state index is 0.0671. The monoisotopic (exact) mass is 294 g/mol. The molecule has 2 heterocycles. The van der Waals surface area contributed by atoms with Gasteiger partial charge in [-0.15, -0.1) is 0 Å². The zero-order valence-electron chi connectivity index (χ0n) is 12.7. The van der Waals surface area contributed by atoms with E-state index in [-0.39, 0.29) is 12.1 Å². The van der Waals surface area contributed by atoms with E-state index in [4.69, 9.17) is 0 Å². The maximum Gasteiger partial charge on any atom is 0.331 e. The highest BCUT2D eigenvalue weighted by Crippen LogP contribution is 2.30. The van der Waals surface area contributed by atoms with Crippen molar-refractivity contribution in [3.63, 3.8) is 0 Å². The van der Waals surface area contributed by atoms with Crippen molar-refractivity contribution in [3.8, 4) is 0 Å². The molecular formula is C14H22N4O3. The van der Waals surface area contributed by atoms with Gasteiger partial charge >= 0.3 is 12.0 Å². The fraction of sp³-hybridized carbons (Fsp3) is 0.643. The number of carboxylic acids is 1. The third-order valence-corrected chi connectivity index (χ3v) is 3.84. The number of piperidine rings is 1. The molecule has 1 aliphatic rings. The summed E-state index contributed by atoms with van der Waals surface area (Å²) < 4.78 is 1.53. The fourth-order valence-electron chi connectivity index (χ4n) is 2.61. The summed E-state index contributed by atoms with van der Waals surface area (Å²) >= 11 is 0. The second-order valence-electron chi connectivity index (χ2n) is 5.89. The van der Waals surface area contributed by atoms with Crippen LogP contribution in [0.3, 0.4) is 0 Å². The zero-order chi connectivity index (χ0) is 15.6. The quantitative estimate of drug-likeness (QED) is 0.876. The number of aromatic nitrogens is 2. The Bertz CT molecular complexity index is 530. The summed E-state index contributed by atoms with van der Waals surface area (Å²) in [6, 6.07) is -0.0712. The van der Waals surface area contributed by atoms with Crippen molar-refractivity contribution >= 4 is 12.0 Å². The molecule has 1 aromatic heterocycles. The van der Waals surface area contributed by atoms with Crippen molar-refractivity contribution in [2.75, 3.05) is 13.1 Å². The van der Waals surface area contributed by atoms with Crippen LogP contribution >= 0.6 is 0 Å². The molecule has 21 heavy (non-hydrogen) atoms. The molecule has 1 saturated heterocycles. The molecular weight excluding hydrogens is 272 g/mol. The molecule has 0 unspecified atom stereocenters. The molecule has 7 heteroatoms. The first kappa shape index (κ1) is 15.3. The van der Waals surface area contributed by atoms with Gasteiger partial charge in [-0.05, 0) is 26.3 Å². The summed E-state index contributed by atoms with van der Waals surface area (Å²) in [7, 11) is 0. The molecule has 0 atom stereocenters. The summed E-state index contributed by atoms with van der Waals surface area (Å²) in [4.78, 5) is 25.4. The molecule has 0 aliphatic carbocycles. The van der Waals surface area contributed by atoms with Crippen LogP contribution in [-0.2, 0) is 10.3 Å². The summed E-state index contributed by atoms with van der Waals surface area (Å²) in [5, 5.41) is 16.6. The number of urea groups is 1. The average molecular weight is 294 g/mol. The van der Waals surface area contributed by atoms with Crippen LogP contribution in [0.4, 0.5) is 4.79 Å². The molecule has 2 N–H and O–H groups in total. The van der Waals surface area contributed by atoms with E-state index in [1.165, 1.54) is 4.68 Å². The molecule has 0 aromatic carbocycles. The topological polar surface area (TPSA) is 87.5 Å². The number of nitrogens with zero attached hydrogens (tertiary/aromatic N) is 3. The van der Waals surface area contributed by atoms with E-state index in [9.17, 15) is 14.7 Å². The van der Waals surface area contributed by atoms with Crippen molar-refractivity contribution in [2.45, 2.75) is 45.2 Å². The Morgan fingerprint density at radius 2 is 2.00 bits per heavy atom. The van der Waals surface area contributed by atoms with Crippen molar-refractivity contribution in [2.24, 2.45) is 0 Å². The van der Waals surface area contributed by atoms with Gasteiger partial charge in [0.15, 0.2) is 5.54 Å². The Morgan fingerprint density at radius 1 is 1.38 bits per heavy atom. The molecule has 1 aromatic rings. The van der Waals surface area contributed by atoms with Crippen LogP contribution in [0.15, 0.2) is 12.4 Å². The predicted octanol–water partition coefficient (Wildman–Crippen LogP) is 1.19. The van der Waals surface area contributed by atoms with Gasteiger partial charge in [-0.25, -0.2) is 9.59 Å². The Balaban J connectivity index is 2.12. The van der Waals surface area contributed by atoms with E-state index in [1.54, 1.807) is 17.3 Å². The lowest BCUT2D eigenvalue weighted by Crippen LogP contribution is -2.54. The van der Waals surface area contributed by atoms with E-state index in [0.717, 1.165) is 5.56 Å². The van der Waals surface area contributed by atoms with Crippen molar-refractivity contribution in [3.05, 3.63) is 18.0 Å². The lowest BCUT2D eigenvalue weighted by atomic mass is 9.87. The minimum atomic E-state index is -1.05. The molecule has 1 aliphatic heterocycles. The third-order valence-electron chi connectivity index (χ3n) is 3.84. The summed E-state index contributed by atoms with van der Waals surface area (Å²) in [5.41, 5.74) is -0.126. The number of hydrogen-bond donors (Lipinski definition) is 2. The number of aryl methyl sites for hydroxylation is 1. The zero-order valence-corrected chi connectivity index (χ0v) is 12.7. The Kier molecular flexibility index (Phi) is 4.20. The second-order valence-corrected chi connectivity index (χ2v) is 5.89. The minimum Gasteiger partial charge on any atom is -0.479 e. The van der Waals surface area contributed by atoms with E-state index >= 15 is 0 Å². The fourth-order valence-corrected chi connectivity index (χ4v) is 2.61. The molecule has 0 spiro atoms. The predicted molar refractivity (Wildman–Crippen MR) is 77.0 cm³/mol. The summed E-state index contributed by atoms with van der Waals surface area (Å²) in [6.45, 7) is 6.49. The van der Waals surface area contributed by atoms with Gasteiger partial charge in [-0.2, -0.15) is 5.10 Å². The number of carbonyl (C=O) groups is 2. The van der Waals surface area contributed by atoms with Crippen LogP contribution in [0.25, 0.3) is 0 Å². The smallest absolute Gasteiger partial charge is 0.331 e. The van der Waals surface area contributed by atoms with Crippen LogP contribution in [0.5, 0.6) is 0 Å². The van der Waals surface area contributed by atoms with Crippen LogP contribution < -0.4 is 5.32 Å². The molecule has 0 saturated carbocycles. The number of likely N-dealkylation sites (tertiary alicyclic amines) is 1. The highest BCUT2D eigenvalue weighted by atomic mass is 16.4. The molecule has 1 fully saturated rings. The van der Waals surface area contributed by atoms with E-state index in [0.29, 0.717) is 25.9 Å². The lowest BCUT2D eigenvalue weighted by molar-refractivity contribution is -0.150. The third kappa shape index (κ3) is 3.01. The molecule has 2 amide bonds. The second kappa shape index (κ2) is 5.75. The average Bonchev–Trinajstić information content (AvgIpc) is 2.85. The highest BCUT2D eigenvalue weighted by molar-refractivity contribution is 5.78. The molecule has 0 bridgehead atoms. The van der Waals surface area contributed by atoms with Gasteiger partial charge in [-0.1, -0.05) is 0 Å². The first-order valence-corrected chi connectivity index (χ1v) is 7.16. The number of aliphatic carboxylic acids is 1. The van der Waals surface area contributed by atoms with Gasteiger partial charge in [0.1, 0.15) is 0 Å². The van der Waals surface area contributed by atoms with Gasteiger partial charge in [0.25, 0.3) is 0 Å². The van der Waals surface area contributed by atoms with Crippen LogP contribution in [0.2, 0.25) is 0 Å². The summed E-state index contributed by atoms with van der Waals surface area (Å²) in [6.07, 6.45) is 4.12. The number of carboxylic acid groups (broad SMARTS) is 1. The van der Waals surface area contributed by atoms with Gasteiger partial charge in [0.2, 0.25) is 0 Å². The number of amides is 2. The molecule has 7 nitrogen and oxygen atoms in total. The number of nitrogens with one attached hydrogen (secondary N) is 1. The largest absolute Gasteiger partial charge is 0.479 e. The van der Waals surface area contributed by atoms with Gasteiger partial charge < -0.3 is 15.3 Å². The number of hydrogen-bond acceptors (Lipinski definition) is 3. The Morgan fingerprint density at radius 3 is 2.43 bits per heavy atom. The van der Waals surface area contributed by atoms with Crippen LogP contribution in [0.1, 0.15) is 32.3 Å². The van der Waals surface area contributed by atoms with E-state index < -0.39 is 11.5 Å². The highest BCUT2D eigenvalue weighted by Gasteiger charge is 2.44. The lowest BCUT2D eigenvalue weighted by Gasteiger charge is -2.39. The molecule has 0 radical (unpaired) electrons. The Labute approximate surface area is 123 Å². The van der Waals surface area contributed by atoms with Crippen LogP contribution in [0, 0.1) is 6.92 Å². The van der Waals surface area contributed by atoms with Gasteiger partial charge in [0, 0.05) is 38.2 Å². The molecule has 116 valence electrons. The van der Waals surface area contributed by atoms with Crippen molar-refractivity contribution in [1.82, 2.24) is 20.0 Å². The van der Waals surface area contributed by atoms with Crippen molar-refractivity contribution < 1.29 is 14.7 Å². The van der Waals surface area contributed by atoms with Gasteiger partial charge in [-0.3, -0.25) is 4.68 Å². The standard InChI is InChI=1S/C14H22N4O3/c1-10(2)16-13(21)17-6-4-14(5-7-17,12(19)20)18-9-11(3)8-15-18/h8-10H,4-7H2,1-3H3,(H,16,21)(H,19,20). The number of carbonyl (C=O) groups excluding carboxylic acids is 1. The maximum absolute atomic E-state index is 12.0. The maximum atomic E-state index is 12.0. The first-order valence-electron chi connectivity index (χ1n) is 7.16. The SMILES string of the molecule is Cc1cnn(C2(C(=O)O)CCN(C(=O)NC(C)C)CC2)c1.